The van der Waals surface area contributed by atoms with Gasteiger partial charge < -0.3 is 11.1 Å². The molecule has 4 nitrogen and oxygen atoms in total. The van der Waals surface area contributed by atoms with Crippen molar-refractivity contribution in [1.82, 2.24) is 10.3 Å². The van der Waals surface area contributed by atoms with Crippen LogP contribution in [-0.2, 0) is 11.2 Å². The van der Waals surface area contributed by atoms with E-state index in [1.54, 1.807) is 12.1 Å². The molecule has 0 fully saturated rings. The van der Waals surface area contributed by atoms with E-state index in [4.69, 9.17) is 28.9 Å². The molecule has 0 radical (unpaired) electrons. The van der Waals surface area contributed by atoms with Crippen LogP contribution in [0.5, 0.6) is 0 Å². The molecule has 130 valence electrons. The number of benzene rings is 1. The Morgan fingerprint density at radius 2 is 2.12 bits per heavy atom. The van der Waals surface area contributed by atoms with Crippen molar-refractivity contribution in [3.05, 3.63) is 39.3 Å². The van der Waals surface area contributed by atoms with Crippen LogP contribution in [-0.4, -0.2) is 23.5 Å². The van der Waals surface area contributed by atoms with E-state index in [0.717, 1.165) is 22.7 Å². The van der Waals surface area contributed by atoms with Crippen LogP contribution in [0.2, 0.25) is 10.0 Å². The van der Waals surface area contributed by atoms with Crippen molar-refractivity contribution in [3.63, 3.8) is 0 Å². The molecule has 0 saturated carbocycles. The van der Waals surface area contributed by atoms with Crippen LogP contribution >= 0.6 is 34.5 Å². The standard InChI is InChI=1S/C17H21Cl2N3OS/c1-10(2)5-12(8-20)21-16(23)7-13-9-24-17(22-13)14-4-3-11(18)6-15(14)19/h3-4,6,9-10,12H,5,7-8,20H2,1-2H3,(H,21,23). The SMILES string of the molecule is CC(C)CC(CN)NC(=O)Cc1csc(-c2ccc(Cl)cc2Cl)n1. The summed E-state index contributed by atoms with van der Waals surface area (Å²) < 4.78 is 0. The molecule has 1 unspecified atom stereocenters. The zero-order valence-electron chi connectivity index (χ0n) is 13.7. The van der Waals surface area contributed by atoms with Gasteiger partial charge in [-0.3, -0.25) is 4.79 Å². The highest BCUT2D eigenvalue weighted by Gasteiger charge is 2.15. The number of hydrogen-bond acceptors (Lipinski definition) is 4. The van der Waals surface area contributed by atoms with Crippen LogP contribution < -0.4 is 11.1 Å². The molecular weight excluding hydrogens is 365 g/mol. The predicted octanol–water partition coefficient (Wildman–Crippen LogP) is 4.15. The Balaban J connectivity index is 2.01. The van der Waals surface area contributed by atoms with E-state index in [9.17, 15) is 4.79 Å². The van der Waals surface area contributed by atoms with E-state index >= 15 is 0 Å². The molecule has 24 heavy (non-hydrogen) atoms. The highest BCUT2D eigenvalue weighted by Crippen LogP contribution is 2.32. The average molecular weight is 386 g/mol. The van der Waals surface area contributed by atoms with E-state index in [1.165, 1.54) is 11.3 Å². The fourth-order valence-corrected chi connectivity index (χ4v) is 3.81. The van der Waals surface area contributed by atoms with Crippen molar-refractivity contribution in [3.8, 4) is 10.6 Å². The number of nitrogens with zero attached hydrogens (tertiary/aromatic N) is 1. The molecule has 1 amide bonds. The third-order valence-electron chi connectivity index (χ3n) is 3.46. The molecule has 0 aliphatic carbocycles. The molecule has 1 aromatic carbocycles. The Labute approximate surface area is 156 Å². The molecule has 0 bridgehead atoms. The molecule has 3 N–H and O–H groups in total. The zero-order valence-corrected chi connectivity index (χ0v) is 16.0. The van der Waals surface area contributed by atoms with E-state index in [1.807, 2.05) is 11.4 Å². The van der Waals surface area contributed by atoms with Gasteiger partial charge in [0.2, 0.25) is 5.91 Å². The summed E-state index contributed by atoms with van der Waals surface area (Å²) in [5.74, 6) is 0.418. The number of nitrogens with two attached hydrogens (primary N) is 1. The summed E-state index contributed by atoms with van der Waals surface area (Å²) in [4.78, 5) is 16.7. The van der Waals surface area contributed by atoms with Crippen LogP contribution in [0.3, 0.4) is 0 Å². The summed E-state index contributed by atoms with van der Waals surface area (Å²) in [5.41, 5.74) is 7.26. The van der Waals surface area contributed by atoms with Crippen LogP contribution in [0.15, 0.2) is 23.6 Å². The Morgan fingerprint density at radius 3 is 2.75 bits per heavy atom. The second kappa shape index (κ2) is 8.81. The van der Waals surface area contributed by atoms with Gasteiger partial charge in [0.25, 0.3) is 0 Å². The molecule has 2 rings (SSSR count). The van der Waals surface area contributed by atoms with Gasteiger partial charge in [-0.2, -0.15) is 0 Å². The summed E-state index contributed by atoms with van der Waals surface area (Å²) in [6.07, 6.45) is 1.10. The summed E-state index contributed by atoms with van der Waals surface area (Å²) in [7, 11) is 0. The van der Waals surface area contributed by atoms with Gasteiger partial charge >= 0.3 is 0 Å². The van der Waals surface area contributed by atoms with Gasteiger partial charge in [-0.15, -0.1) is 11.3 Å². The summed E-state index contributed by atoms with van der Waals surface area (Å²) in [5, 5.41) is 6.75. The summed E-state index contributed by atoms with van der Waals surface area (Å²) >= 11 is 13.6. The van der Waals surface area contributed by atoms with Gasteiger partial charge in [0.1, 0.15) is 5.01 Å². The first-order valence-corrected chi connectivity index (χ1v) is 9.41. The normalized spacial score (nSPS) is 12.4. The van der Waals surface area contributed by atoms with Crippen molar-refractivity contribution in [1.29, 1.82) is 0 Å². The Kier molecular flexibility index (Phi) is 7.04. The first-order chi connectivity index (χ1) is 11.4. The smallest absolute Gasteiger partial charge is 0.226 e. The lowest BCUT2D eigenvalue weighted by Crippen LogP contribution is -2.41. The zero-order chi connectivity index (χ0) is 17.7. The van der Waals surface area contributed by atoms with Crippen molar-refractivity contribution in [2.45, 2.75) is 32.7 Å². The first-order valence-electron chi connectivity index (χ1n) is 7.78. The number of aromatic nitrogens is 1. The number of halogens is 2. The van der Waals surface area contributed by atoms with E-state index in [2.05, 4.69) is 24.1 Å². The largest absolute Gasteiger partial charge is 0.352 e. The first kappa shape index (κ1) is 19.2. The molecule has 1 heterocycles. The van der Waals surface area contributed by atoms with Gasteiger partial charge in [0.15, 0.2) is 0 Å². The van der Waals surface area contributed by atoms with Gasteiger partial charge in [-0.1, -0.05) is 37.0 Å². The molecule has 0 spiro atoms. The number of amides is 1. The minimum Gasteiger partial charge on any atom is -0.352 e. The molecule has 2 aromatic rings. The minimum atomic E-state index is -0.0647. The van der Waals surface area contributed by atoms with Crippen molar-refractivity contribution >= 4 is 40.4 Å². The van der Waals surface area contributed by atoms with Crippen molar-refractivity contribution < 1.29 is 4.79 Å². The number of rotatable bonds is 7. The maximum atomic E-state index is 12.2. The average Bonchev–Trinajstić information content (AvgIpc) is 2.94. The van der Waals surface area contributed by atoms with E-state index in [0.29, 0.717) is 22.5 Å². The summed E-state index contributed by atoms with van der Waals surface area (Å²) in [6.45, 7) is 4.65. The number of thiazole rings is 1. The highest BCUT2D eigenvalue weighted by atomic mass is 35.5. The molecular formula is C17H21Cl2N3OS. The lowest BCUT2D eigenvalue weighted by Gasteiger charge is -2.18. The molecule has 7 heteroatoms. The third-order valence-corrected chi connectivity index (χ3v) is 4.93. The molecule has 1 atom stereocenters. The maximum absolute atomic E-state index is 12.2. The van der Waals surface area contributed by atoms with Crippen LogP contribution in [0, 0.1) is 5.92 Å². The Morgan fingerprint density at radius 1 is 1.38 bits per heavy atom. The fourth-order valence-electron chi connectivity index (χ4n) is 2.40. The van der Waals surface area contributed by atoms with Crippen molar-refractivity contribution in [2.75, 3.05) is 6.54 Å². The maximum Gasteiger partial charge on any atom is 0.226 e. The van der Waals surface area contributed by atoms with Crippen LogP contribution in [0.4, 0.5) is 0 Å². The Bertz CT molecular complexity index is 703. The number of hydrogen-bond donors (Lipinski definition) is 2. The van der Waals surface area contributed by atoms with Crippen molar-refractivity contribution in [2.24, 2.45) is 11.7 Å². The third kappa shape index (κ3) is 5.45. The highest BCUT2D eigenvalue weighted by molar-refractivity contribution is 7.13. The fraction of sp³-hybridized carbons (Fsp3) is 0.412. The van der Waals surface area contributed by atoms with Crippen LogP contribution in [0.25, 0.3) is 10.6 Å². The Hall–Kier alpha value is -1.14. The van der Waals surface area contributed by atoms with Gasteiger partial charge in [0, 0.05) is 28.6 Å². The van der Waals surface area contributed by atoms with Crippen LogP contribution in [0.1, 0.15) is 26.0 Å². The lowest BCUT2D eigenvalue weighted by molar-refractivity contribution is -0.121. The number of carbonyl (C=O) groups is 1. The number of nitrogens with one attached hydrogen (secondary N) is 1. The number of carbonyl (C=O) groups excluding carboxylic acids is 1. The second-order valence-corrected chi connectivity index (χ2v) is 7.78. The second-order valence-electron chi connectivity index (χ2n) is 6.07. The van der Waals surface area contributed by atoms with Gasteiger partial charge in [-0.25, -0.2) is 4.98 Å². The molecule has 0 aliphatic heterocycles. The van der Waals surface area contributed by atoms with Gasteiger partial charge in [0.05, 0.1) is 17.1 Å². The topological polar surface area (TPSA) is 68.0 Å². The summed E-state index contributed by atoms with van der Waals surface area (Å²) in [6, 6.07) is 5.29. The lowest BCUT2D eigenvalue weighted by atomic mass is 10.0. The monoisotopic (exact) mass is 385 g/mol. The molecule has 1 aromatic heterocycles. The van der Waals surface area contributed by atoms with E-state index < -0.39 is 0 Å². The minimum absolute atomic E-state index is 0.00122. The quantitative estimate of drug-likeness (QED) is 0.751. The van der Waals surface area contributed by atoms with Gasteiger partial charge in [-0.05, 0) is 30.5 Å². The van der Waals surface area contributed by atoms with E-state index in [-0.39, 0.29) is 18.4 Å². The molecule has 0 saturated heterocycles. The predicted molar refractivity (Wildman–Crippen MR) is 102 cm³/mol. The molecule has 0 aliphatic rings.